The number of aromatic nitrogens is 2. The van der Waals surface area contributed by atoms with Gasteiger partial charge in [0.25, 0.3) is 0 Å². The van der Waals surface area contributed by atoms with Crippen molar-refractivity contribution >= 4 is 34.9 Å². The maximum absolute atomic E-state index is 14.1. The van der Waals surface area contributed by atoms with E-state index in [0.717, 1.165) is 55.0 Å². The molecular weight excluding hydrogens is 470 g/mol. The molecule has 7 nitrogen and oxygen atoms in total. The van der Waals surface area contributed by atoms with Crippen LogP contribution in [0.2, 0.25) is 0 Å². The number of carbonyl (C=O) groups excluding carboxylic acids is 2. The van der Waals surface area contributed by atoms with Crippen molar-refractivity contribution in [2.45, 2.75) is 50.2 Å². The molecule has 3 aliphatic rings. The van der Waals surface area contributed by atoms with E-state index in [0.29, 0.717) is 0 Å². The quantitative estimate of drug-likeness (QED) is 0.433. The fourth-order valence-corrected chi connectivity index (χ4v) is 6.90. The van der Waals surface area contributed by atoms with Crippen molar-refractivity contribution in [3.05, 3.63) is 76.5 Å². The molecule has 1 saturated heterocycles. The predicted molar refractivity (Wildman–Crippen MR) is 141 cm³/mol. The number of anilines is 1. The minimum atomic E-state index is -0.194. The van der Waals surface area contributed by atoms with Gasteiger partial charge in [-0.1, -0.05) is 37.1 Å². The van der Waals surface area contributed by atoms with Gasteiger partial charge in [0.05, 0.1) is 18.0 Å². The molecule has 5 atom stereocenters. The van der Waals surface area contributed by atoms with Crippen molar-refractivity contribution in [2.24, 2.45) is 11.8 Å². The summed E-state index contributed by atoms with van der Waals surface area (Å²) in [5.41, 5.74) is 2.23. The topological polar surface area (TPSA) is 90.1 Å². The lowest BCUT2D eigenvalue weighted by atomic mass is 9.80. The van der Waals surface area contributed by atoms with Gasteiger partial charge in [0.2, 0.25) is 11.8 Å². The van der Waals surface area contributed by atoms with Gasteiger partial charge in [-0.2, -0.15) is 0 Å². The lowest BCUT2D eigenvalue weighted by Gasteiger charge is -2.41. The summed E-state index contributed by atoms with van der Waals surface area (Å²) in [4.78, 5) is 37.8. The second-order valence-electron chi connectivity index (χ2n) is 9.97. The molecule has 6 rings (SSSR count). The number of para-hydroxylation sites is 1. The standard InChI is InChI=1S/C28H31N5O2S/c34-24(12-11-18-6-5-17-36-18)31-23-10-4-2-8-20(23)28(35)33-16-13-21-25(27-29-14-15-30-27)32-22-9-3-1-7-19(22)26(21)33/h1,3,5-7,9,11-12,14-15,17,20-21,23,25-26,32H,2,4,8,10,13,16H2,(H,29,30)(H,31,34)/b12-11+/t20-,21-,23+,25+,26-/m0/s1. The molecule has 2 amide bonds. The van der Waals surface area contributed by atoms with E-state index in [-0.39, 0.29) is 41.8 Å². The molecule has 0 bridgehead atoms. The molecule has 4 heterocycles. The van der Waals surface area contributed by atoms with Crippen LogP contribution in [0.25, 0.3) is 6.08 Å². The van der Waals surface area contributed by atoms with E-state index in [9.17, 15) is 9.59 Å². The Hall–Kier alpha value is -3.39. The molecule has 1 aliphatic carbocycles. The highest BCUT2D eigenvalue weighted by Crippen LogP contribution is 2.51. The number of hydrogen-bond acceptors (Lipinski definition) is 5. The molecule has 1 aromatic carbocycles. The molecule has 1 saturated carbocycles. The van der Waals surface area contributed by atoms with Gasteiger partial charge in [-0.15, -0.1) is 11.3 Å². The lowest BCUT2D eigenvalue weighted by Crippen LogP contribution is -2.49. The predicted octanol–water partition coefficient (Wildman–Crippen LogP) is 4.92. The lowest BCUT2D eigenvalue weighted by molar-refractivity contribution is -0.139. The van der Waals surface area contributed by atoms with E-state index >= 15 is 0 Å². The average molecular weight is 502 g/mol. The van der Waals surface area contributed by atoms with Crippen LogP contribution in [0.5, 0.6) is 0 Å². The molecule has 3 aromatic rings. The molecular formula is C28H31N5O2S. The number of imidazole rings is 1. The number of amides is 2. The summed E-state index contributed by atoms with van der Waals surface area (Å²) in [6.07, 6.45) is 11.7. The van der Waals surface area contributed by atoms with Gasteiger partial charge in [0.1, 0.15) is 5.82 Å². The Morgan fingerprint density at radius 3 is 2.83 bits per heavy atom. The normalized spacial score (nSPS) is 27.3. The Balaban J connectivity index is 1.23. The van der Waals surface area contributed by atoms with E-state index in [2.05, 4.69) is 43.7 Å². The van der Waals surface area contributed by atoms with Crippen LogP contribution >= 0.6 is 11.3 Å². The maximum Gasteiger partial charge on any atom is 0.244 e. The zero-order valence-electron chi connectivity index (χ0n) is 20.1. The zero-order chi connectivity index (χ0) is 24.5. The Bertz CT molecular complexity index is 1240. The summed E-state index contributed by atoms with van der Waals surface area (Å²) >= 11 is 1.60. The van der Waals surface area contributed by atoms with Crippen molar-refractivity contribution in [1.82, 2.24) is 20.2 Å². The van der Waals surface area contributed by atoms with Gasteiger partial charge in [0, 0.05) is 47.5 Å². The minimum absolute atomic E-state index is 0.00190. The van der Waals surface area contributed by atoms with E-state index in [1.807, 2.05) is 35.9 Å². The summed E-state index contributed by atoms with van der Waals surface area (Å²) in [7, 11) is 0. The fraction of sp³-hybridized carbons (Fsp3) is 0.393. The maximum atomic E-state index is 14.1. The number of rotatable bonds is 5. The third-order valence-electron chi connectivity index (χ3n) is 7.91. The molecule has 2 aromatic heterocycles. The second kappa shape index (κ2) is 9.93. The van der Waals surface area contributed by atoms with Gasteiger partial charge in [-0.05, 0) is 48.4 Å². The molecule has 2 fully saturated rings. The van der Waals surface area contributed by atoms with Crippen molar-refractivity contribution < 1.29 is 9.59 Å². The van der Waals surface area contributed by atoms with Gasteiger partial charge in [0.15, 0.2) is 0 Å². The minimum Gasteiger partial charge on any atom is -0.375 e. The van der Waals surface area contributed by atoms with Crippen LogP contribution in [0.3, 0.4) is 0 Å². The van der Waals surface area contributed by atoms with Crippen LogP contribution in [-0.4, -0.2) is 39.3 Å². The highest BCUT2D eigenvalue weighted by molar-refractivity contribution is 7.10. The Morgan fingerprint density at radius 2 is 2.00 bits per heavy atom. The molecule has 8 heteroatoms. The summed E-state index contributed by atoms with van der Waals surface area (Å²) in [5.74, 6) is 0.998. The highest BCUT2D eigenvalue weighted by Gasteiger charge is 2.49. The Morgan fingerprint density at radius 1 is 1.11 bits per heavy atom. The third kappa shape index (κ3) is 4.34. The summed E-state index contributed by atoms with van der Waals surface area (Å²) in [5, 5.41) is 8.83. The first-order chi connectivity index (χ1) is 17.7. The average Bonchev–Trinajstić information content (AvgIpc) is 3.69. The number of nitrogens with one attached hydrogen (secondary N) is 3. The number of fused-ring (bicyclic) bond motifs is 3. The van der Waals surface area contributed by atoms with Crippen LogP contribution in [0, 0.1) is 11.8 Å². The summed E-state index contributed by atoms with van der Waals surface area (Å²) in [6, 6.07) is 12.2. The monoisotopic (exact) mass is 501 g/mol. The van der Waals surface area contributed by atoms with Gasteiger partial charge in [-0.25, -0.2) is 4.98 Å². The fourth-order valence-electron chi connectivity index (χ4n) is 6.28. The van der Waals surface area contributed by atoms with Crippen molar-refractivity contribution in [3.63, 3.8) is 0 Å². The van der Waals surface area contributed by atoms with E-state index in [4.69, 9.17) is 0 Å². The van der Waals surface area contributed by atoms with Gasteiger partial charge < -0.3 is 20.5 Å². The zero-order valence-corrected chi connectivity index (χ0v) is 20.9. The first-order valence-corrected chi connectivity index (χ1v) is 13.7. The van der Waals surface area contributed by atoms with Crippen LogP contribution in [0.1, 0.15) is 60.5 Å². The van der Waals surface area contributed by atoms with Crippen LogP contribution < -0.4 is 10.6 Å². The first kappa shape index (κ1) is 23.0. The second-order valence-corrected chi connectivity index (χ2v) is 10.9. The SMILES string of the molecule is O=C(/C=C/c1cccs1)N[C@@H]1CCCC[C@@H]1C(=O)N1CC[C@H]2[C@H](c3ncc[nH]3)Nc3ccccc3[C@@H]21. The van der Waals surface area contributed by atoms with E-state index in [1.54, 1.807) is 23.6 Å². The van der Waals surface area contributed by atoms with Crippen molar-refractivity contribution in [3.8, 4) is 0 Å². The highest BCUT2D eigenvalue weighted by atomic mass is 32.1. The van der Waals surface area contributed by atoms with E-state index < -0.39 is 0 Å². The number of H-pyrrole nitrogens is 1. The van der Waals surface area contributed by atoms with E-state index in [1.165, 1.54) is 5.56 Å². The van der Waals surface area contributed by atoms with Crippen LogP contribution in [-0.2, 0) is 9.59 Å². The van der Waals surface area contributed by atoms with Gasteiger partial charge >= 0.3 is 0 Å². The molecule has 36 heavy (non-hydrogen) atoms. The molecule has 0 radical (unpaired) electrons. The molecule has 186 valence electrons. The van der Waals surface area contributed by atoms with Crippen LogP contribution in [0.4, 0.5) is 5.69 Å². The number of benzene rings is 1. The Kier molecular flexibility index (Phi) is 6.35. The number of carbonyl (C=O) groups is 2. The number of thiophene rings is 1. The van der Waals surface area contributed by atoms with Gasteiger partial charge in [-0.3, -0.25) is 9.59 Å². The third-order valence-corrected chi connectivity index (χ3v) is 8.75. The molecule has 0 spiro atoms. The number of aromatic amines is 1. The number of likely N-dealkylation sites (tertiary alicyclic amines) is 1. The molecule has 0 unspecified atom stereocenters. The summed E-state index contributed by atoms with van der Waals surface area (Å²) < 4.78 is 0. The van der Waals surface area contributed by atoms with Crippen LogP contribution in [0.15, 0.2) is 60.2 Å². The first-order valence-electron chi connectivity index (χ1n) is 12.9. The Labute approximate surface area is 215 Å². The van der Waals surface area contributed by atoms with Crippen molar-refractivity contribution in [1.29, 1.82) is 0 Å². The smallest absolute Gasteiger partial charge is 0.244 e. The largest absolute Gasteiger partial charge is 0.375 e. The number of hydrogen-bond donors (Lipinski definition) is 3. The molecule has 3 N–H and O–H groups in total. The summed E-state index contributed by atoms with van der Waals surface area (Å²) in [6.45, 7) is 0.719. The molecule has 2 aliphatic heterocycles. The number of nitrogens with zero attached hydrogens (tertiary/aromatic N) is 2. The van der Waals surface area contributed by atoms with Crippen molar-refractivity contribution in [2.75, 3.05) is 11.9 Å².